The van der Waals surface area contributed by atoms with Crippen molar-refractivity contribution >= 4 is 11.9 Å². The highest BCUT2D eigenvalue weighted by molar-refractivity contribution is 5.89. The molecule has 0 aliphatic carbocycles. The van der Waals surface area contributed by atoms with E-state index in [2.05, 4.69) is 19.9 Å². The summed E-state index contributed by atoms with van der Waals surface area (Å²) in [6.45, 7) is 8.86. The molecule has 0 N–H and O–H groups in total. The molecule has 0 aliphatic heterocycles. The van der Waals surface area contributed by atoms with Crippen molar-refractivity contribution in [2.45, 2.75) is 34.6 Å². The Labute approximate surface area is 106 Å². The van der Waals surface area contributed by atoms with Gasteiger partial charge in [-0.2, -0.15) is 0 Å². The summed E-state index contributed by atoms with van der Waals surface area (Å²) in [6, 6.07) is 0. The zero-order valence-electron chi connectivity index (χ0n) is 11.2. The summed E-state index contributed by atoms with van der Waals surface area (Å²) in [6.07, 6.45) is 4.17. The predicted octanol–water partition coefficient (Wildman–Crippen LogP) is 2.42. The lowest BCUT2D eigenvalue weighted by Crippen LogP contribution is -2.20. The summed E-state index contributed by atoms with van der Waals surface area (Å²) in [5.74, 6) is -1.50. The van der Waals surface area contributed by atoms with Gasteiger partial charge in [-0.05, 0) is 19.3 Å². The molecule has 0 aromatic carbocycles. The number of rotatable bonds is 5. The van der Waals surface area contributed by atoms with Crippen LogP contribution < -0.4 is 0 Å². The van der Waals surface area contributed by atoms with Crippen molar-refractivity contribution in [1.82, 2.24) is 0 Å². The number of hydrogen-bond acceptors (Lipinski definition) is 6. The van der Waals surface area contributed by atoms with Gasteiger partial charge in [0.1, 0.15) is 0 Å². The van der Waals surface area contributed by atoms with Crippen molar-refractivity contribution in [2.24, 2.45) is 5.41 Å². The summed E-state index contributed by atoms with van der Waals surface area (Å²) in [7, 11) is 0. The maximum atomic E-state index is 11.5. The smallest absolute Gasteiger partial charge is 0.261 e. The van der Waals surface area contributed by atoms with Gasteiger partial charge < -0.3 is 0 Å². The second-order valence-electron chi connectivity index (χ2n) is 4.36. The Balaban J connectivity index is 4.09. The number of hydrogen-bond donors (Lipinski definition) is 0. The SMILES string of the molecule is CC=CC(=O)OOOOC(=O)C(=CC)C(C)(C)C. The molecule has 0 saturated heterocycles. The normalized spacial score (nSPS) is 12.6. The first kappa shape index (κ1) is 16.3. The monoisotopic (exact) mass is 258 g/mol. The van der Waals surface area contributed by atoms with Crippen LogP contribution in [-0.4, -0.2) is 11.9 Å². The minimum absolute atomic E-state index is 0.392. The lowest BCUT2D eigenvalue weighted by molar-refractivity contribution is -0.598. The number of allylic oxidation sites excluding steroid dienone is 2. The summed E-state index contributed by atoms with van der Waals surface area (Å²) in [5, 5.41) is 7.98. The molecule has 0 unspecified atom stereocenters. The Hall–Kier alpha value is -1.66. The molecule has 6 heteroatoms. The second kappa shape index (κ2) is 7.62. The van der Waals surface area contributed by atoms with Crippen LogP contribution in [0.4, 0.5) is 0 Å². The predicted molar refractivity (Wildman–Crippen MR) is 62.4 cm³/mol. The van der Waals surface area contributed by atoms with Gasteiger partial charge in [-0.15, -0.1) is 0 Å². The van der Waals surface area contributed by atoms with Crippen LogP contribution in [-0.2, 0) is 29.4 Å². The average Bonchev–Trinajstić information content (AvgIpc) is 2.23. The van der Waals surface area contributed by atoms with Crippen molar-refractivity contribution in [3.05, 3.63) is 23.8 Å². The van der Waals surface area contributed by atoms with Crippen molar-refractivity contribution < 1.29 is 29.4 Å². The lowest BCUT2D eigenvalue weighted by atomic mass is 9.86. The highest BCUT2D eigenvalue weighted by Crippen LogP contribution is 2.26. The van der Waals surface area contributed by atoms with Crippen molar-refractivity contribution in [3.8, 4) is 0 Å². The van der Waals surface area contributed by atoms with Gasteiger partial charge in [0.15, 0.2) is 0 Å². The van der Waals surface area contributed by atoms with Crippen molar-refractivity contribution in [1.29, 1.82) is 0 Å². The van der Waals surface area contributed by atoms with E-state index in [0.717, 1.165) is 6.08 Å². The largest absolute Gasteiger partial charge is 0.372 e. The first-order valence-electron chi connectivity index (χ1n) is 5.38. The van der Waals surface area contributed by atoms with Crippen LogP contribution in [0.15, 0.2) is 23.8 Å². The molecule has 6 nitrogen and oxygen atoms in total. The van der Waals surface area contributed by atoms with Gasteiger partial charge in [-0.25, -0.2) is 9.59 Å². The van der Waals surface area contributed by atoms with Gasteiger partial charge in [0.05, 0.1) is 0 Å². The van der Waals surface area contributed by atoms with Crippen molar-refractivity contribution in [2.75, 3.05) is 0 Å². The fraction of sp³-hybridized carbons (Fsp3) is 0.500. The molecular weight excluding hydrogens is 240 g/mol. The molecule has 0 aromatic rings. The van der Waals surface area contributed by atoms with Crippen molar-refractivity contribution in [3.63, 3.8) is 0 Å². The average molecular weight is 258 g/mol. The van der Waals surface area contributed by atoms with Crippen LogP contribution in [0.2, 0.25) is 0 Å². The first-order valence-corrected chi connectivity index (χ1v) is 5.38. The Morgan fingerprint density at radius 1 is 1.00 bits per heavy atom. The molecule has 0 fully saturated rings. The van der Waals surface area contributed by atoms with E-state index >= 15 is 0 Å². The molecule has 0 bridgehead atoms. The van der Waals surface area contributed by atoms with E-state index in [1.807, 2.05) is 20.8 Å². The van der Waals surface area contributed by atoms with Gasteiger partial charge in [0, 0.05) is 21.7 Å². The van der Waals surface area contributed by atoms with E-state index in [4.69, 9.17) is 0 Å². The van der Waals surface area contributed by atoms with Crippen LogP contribution in [0.25, 0.3) is 0 Å². The third-order valence-corrected chi connectivity index (χ3v) is 1.87. The standard InChI is InChI=1S/C12H18O6/c1-6-8-10(13)15-17-18-16-11(14)9(7-2)12(3,4)5/h6-8H,1-5H3. The highest BCUT2D eigenvalue weighted by Gasteiger charge is 2.25. The zero-order chi connectivity index (χ0) is 14.2. The molecule has 0 rings (SSSR count). The van der Waals surface area contributed by atoms with E-state index in [9.17, 15) is 9.59 Å². The van der Waals surface area contributed by atoms with Crippen LogP contribution in [0.1, 0.15) is 34.6 Å². The van der Waals surface area contributed by atoms with Crippen LogP contribution in [0.3, 0.4) is 0 Å². The summed E-state index contributed by atoms with van der Waals surface area (Å²) in [5.41, 5.74) is 0.0162. The van der Waals surface area contributed by atoms with Gasteiger partial charge >= 0.3 is 11.9 Å². The first-order chi connectivity index (χ1) is 8.32. The van der Waals surface area contributed by atoms with E-state index < -0.39 is 17.4 Å². The van der Waals surface area contributed by atoms with Crippen LogP contribution in [0, 0.1) is 5.41 Å². The van der Waals surface area contributed by atoms with Gasteiger partial charge in [-0.3, -0.25) is 9.78 Å². The minimum atomic E-state index is -0.782. The molecule has 0 saturated carbocycles. The van der Waals surface area contributed by atoms with E-state index in [1.165, 1.54) is 6.08 Å². The summed E-state index contributed by atoms with van der Waals surface area (Å²) >= 11 is 0. The fourth-order valence-corrected chi connectivity index (χ4v) is 1.16. The Morgan fingerprint density at radius 2 is 1.56 bits per heavy atom. The quantitative estimate of drug-likeness (QED) is 0.326. The molecule has 0 amide bonds. The third-order valence-electron chi connectivity index (χ3n) is 1.87. The van der Waals surface area contributed by atoms with Gasteiger partial charge in [0.25, 0.3) is 0 Å². The number of carbonyl (C=O) groups is 2. The fourth-order valence-electron chi connectivity index (χ4n) is 1.16. The Morgan fingerprint density at radius 3 is 2.00 bits per heavy atom. The summed E-state index contributed by atoms with van der Waals surface area (Å²) in [4.78, 5) is 30.7. The molecule has 0 atom stereocenters. The van der Waals surface area contributed by atoms with Crippen LogP contribution >= 0.6 is 0 Å². The molecule has 0 aromatic heterocycles. The maximum absolute atomic E-state index is 11.5. The van der Waals surface area contributed by atoms with E-state index in [1.54, 1.807) is 19.9 Å². The van der Waals surface area contributed by atoms with Gasteiger partial charge in [0.2, 0.25) is 0 Å². The molecule has 18 heavy (non-hydrogen) atoms. The topological polar surface area (TPSA) is 71.1 Å². The minimum Gasteiger partial charge on any atom is -0.261 e. The second-order valence-corrected chi connectivity index (χ2v) is 4.36. The van der Waals surface area contributed by atoms with Crippen LogP contribution in [0.5, 0.6) is 0 Å². The Bertz CT molecular complexity index is 348. The number of carbonyl (C=O) groups excluding carboxylic acids is 2. The lowest BCUT2D eigenvalue weighted by Gasteiger charge is -2.19. The summed E-state index contributed by atoms with van der Waals surface area (Å²) < 4.78 is 0. The molecular formula is C12H18O6. The highest BCUT2D eigenvalue weighted by atomic mass is 17.7. The molecule has 0 heterocycles. The Kier molecular flexibility index (Phi) is 6.92. The molecule has 102 valence electrons. The maximum Gasteiger partial charge on any atom is 0.372 e. The van der Waals surface area contributed by atoms with E-state index in [0.29, 0.717) is 5.57 Å². The zero-order valence-corrected chi connectivity index (χ0v) is 11.2. The third kappa shape index (κ3) is 6.17. The molecule has 0 aliphatic rings. The molecule has 0 spiro atoms. The molecule has 0 radical (unpaired) electrons. The van der Waals surface area contributed by atoms with E-state index in [-0.39, 0.29) is 0 Å². The van der Waals surface area contributed by atoms with Gasteiger partial charge in [-0.1, -0.05) is 32.9 Å².